The molecule has 1 N–H and O–H groups in total. The molecule has 0 aromatic rings. The summed E-state index contributed by atoms with van der Waals surface area (Å²) in [7, 11) is 0. The van der Waals surface area contributed by atoms with Crippen LogP contribution in [0.15, 0.2) is 0 Å². The van der Waals surface area contributed by atoms with Crippen LogP contribution in [0, 0.1) is 0 Å². The van der Waals surface area contributed by atoms with Gasteiger partial charge in [0.25, 0.3) is 0 Å². The van der Waals surface area contributed by atoms with Gasteiger partial charge >= 0.3 is 12.1 Å². The van der Waals surface area contributed by atoms with Gasteiger partial charge in [0.05, 0.1) is 12.6 Å². The van der Waals surface area contributed by atoms with Crippen LogP contribution < -0.4 is 0 Å². The molecule has 0 unspecified atom stereocenters. The Bertz CT molecular complexity index is 328. The molecule has 0 aromatic heterocycles. The second kappa shape index (κ2) is 5.75. The van der Waals surface area contributed by atoms with E-state index in [2.05, 4.69) is 4.74 Å². The fourth-order valence-electron chi connectivity index (χ4n) is 1.71. The molecule has 1 rings (SSSR count). The highest BCUT2D eigenvalue weighted by molar-refractivity contribution is 6.17. The zero-order valence-electron chi connectivity index (χ0n) is 10.7. The van der Waals surface area contributed by atoms with E-state index in [1.165, 1.54) is 4.90 Å². The number of carbonyl (C=O) groups is 2. The summed E-state index contributed by atoms with van der Waals surface area (Å²) in [6, 6.07) is -1.12. The molecule has 0 spiro atoms. The normalized spacial score (nSPS) is 23.9. The molecule has 104 valence electrons. The predicted octanol–water partition coefficient (Wildman–Crippen LogP) is 1.10. The summed E-state index contributed by atoms with van der Waals surface area (Å²) >= 11 is 5.30. The van der Waals surface area contributed by atoms with Crippen molar-refractivity contribution in [2.45, 2.75) is 44.9 Å². The van der Waals surface area contributed by atoms with Crippen molar-refractivity contribution in [3.63, 3.8) is 0 Å². The quantitative estimate of drug-likeness (QED) is 0.605. The Kier molecular flexibility index (Phi) is 4.81. The Morgan fingerprint density at radius 1 is 1.44 bits per heavy atom. The number of esters is 1. The third-order valence-corrected chi connectivity index (χ3v) is 2.49. The number of hydrogen-bond donors (Lipinski definition) is 1. The smallest absolute Gasteiger partial charge is 0.411 e. The number of amides is 1. The van der Waals surface area contributed by atoms with Crippen LogP contribution in [0.5, 0.6) is 0 Å². The second-order valence-electron chi connectivity index (χ2n) is 5.11. The monoisotopic (exact) mass is 279 g/mol. The average molecular weight is 280 g/mol. The lowest BCUT2D eigenvalue weighted by Gasteiger charge is -2.27. The highest BCUT2D eigenvalue weighted by Crippen LogP contribution is 2.22. The van der Waals surface area contributed by atoms with Crippen molar-refractivity contribution in [3.05, 3.63) is 0 Å². The molecular weight excluding hydrogens is 262 g/mol. The number of halogens is 1. The lowest BCUT2D eigenvalue weighted by atomic mass is 10.2. The van der Waals surface area contributed by atoms with Crippen LogP contribution in [0.1, 0.15) is 27.2 Å². The van der Waals surface area contributed by atoms with Gasteiger partial charge < -0.3 is 14.6 Å². The molecule has 1 saturated heterocycles. The number of hydrogen-bond acceptors (Lipinski definition) is 5. The molecule has 0 radical (unpaired) electrons. The second-order valence-corrected chi connectivity index (χ2v) is 5.33. The Labute approximate surface area is 111 Å². The van der Waals surface area contributed by atoms with Gasteiger partial charge in [0.1, 0.15) is 11.6 Å². The van der Waals surface area contributed by atoms with E-state index in [0.717, 1.165) is 0 Å². The van der Waals surface area contributed by atoms with E-state index in [9.17, 15) is 14.7 Å². The molecule has 0 aromatic carbocycles. The molecule has 0 saturated carbocycles. The van der Waals surface area contributed by atoms with Gasteiger partial charge in [-0.1, -0.05) is 11.6 Å². The number of ether oxygens (including phenoxy) is 2. The number of rotatable bonds is 2. The van der Waals surface area contributed by atoms with Crippen molar-refractivity contribution in [1.82, 2.24) is 4.90 Å². The fourth-order valence-corrected chi connectivity index (χ4v) is 1.82. The Morgan fingerprint density at radius 2 is 2.06 bits per heavy atom. The minimum atomic E-state index is -0.839. The van der Waals surface area contributed by atoms with Crippen molar-refractivity contribution in [2.75, 3.05) is 12.6 Å². The summed E-state index contributed by atoms with van der Waals surface area (Å²) in [6.07, 6.45) is -1.27. The maximum absolute atomic E-state index is 11.9. The first kappa shape index (κ1) is 15.0. The van der Waals surface area contributed by atoms with E-state index >= 15 is 0 Å². The first-order valence-electron chi connectivity index (χ1n) is 5.65. The van der Waals surface area contributed by atoms with Crippen LogP contribution in [0.25, 0.3) is 0 Å². The molecule has 6 nitrogen and oxygen atoms in total. The van der Waals surface area contributed by atoms with Gasteiger partial charge in [-0.25, -0.2) is 9.59 Å². The number of alkyl halides is 1. The summed E-state index contributed by atoms with van der Waals surface area (Å²) in [5, 5.41) is 9.54. The lowest BCUT2D eigenvalue weighted by Crippen LogP contribution is -2.44. The van der Waals surface area contributed by atoms with Gasteiger partial charge in [-0.15, -0.1) is 0 Å². The van der Waals surface area contributed by atoms with Crippen LogP contribution in [0.2, 0.25) is 0 Å². The summed E-state index contributed by atoms with van der Waals surface area (Å²) in [4.78, 5) is 24.7. The van der Waals surface area contributed by atoms with Crippen molar-refractivity contribution in [1.29, 1.82) is 0 Å². The van der Waals surface area contributed by atoms with Crippen molar-refractivity contribution in [2.24, 2.45) is 0 Å². The van der Waals surface area contributed by atoms with E-state index < -0.39 is 29.8 Å². The average Bonchev–Trinajstić information content (AvgIpc) is 2.58. The topological polar surface area (TPSA) is 76.1 Å². The number of carbonyl (C=O) groups excluding carboxylic acids is 2. The van der Waals surface area contributed by atoms with Crippen LogP contribution in [-0.4, -0.2) is 52.4 Å². The summed E-state index contributed by atoms with van der Waals surface area (Å²) in [5.74, 6) is -0.632. The third kappa shape index (κ3) is 4.03. The number of β-amino-alcohol motifs (C(OH)–C–C–N with tert-alkyl or cyclic N) is 1. The zero-order chi connectivity index (χ0) is 13.9. The SMILES string of the molecule is CC(C)(C)OC(=O)N1C[C@H](O)C[C@H]1C(=O)OCCl. The molecule has 7 heteroatoms. The van der Waals surface area contributed by atoms with Gasteiger partial charge in [0.15, 0.2) is 6.07 Å². The third-order valence-electron chi connectivity index (χ3n) is 2.38. The van der Waals surface area contributed by atoms with Gasteiger partial charge in [0, 0.05) is 6.42 Å². The van der Waals surface area contributed by atoms with Gasteiger partial charge in [0.2, 0.25) is 0 Å². The van der Waals surface area contributed by atoms with E-state index in [-0.39, 0.29) is 19.0 Å². The first-order chi connectivity index (χ1) is 8.24. The van der Waals surface area contributed by atoms with E-state index in [1.54, 1.807) is 20.8 Å². The van der Waals surface area contributed by atoms with Gasteiger partial charge in [-0.05, 0) is 20.8 Å². The first-order valence-corrected chi connectivity index (χ1v) is 6.18. The van der Waals surface area contributed by atoms with Crippen LogP contribution in [-0.2, 0) is 14.3 Å². The van der Waals surface area contributed by atoms with Crippen LogP contribution in [0.4, 0.5) is 4.79 Å². The maximum Gasteiger partial charge on any atom is 0.411 e. The molecule has 0 aliphatic carbocycles. The van der Waals surface area contributed by atoms with E-state index in [4.69, 9.17) is 16.3 Å². The molecule has 1 aliphatic rings. The molecule has 1 heterocycles. The number of aliphatic hydroxyl groups is 1. The molecule has 18 heavy (non-hydrogen) atoms. The Balaban J connectivity index is 2.72. The zero-order valence-corrected chi connectivity index (χ0v) is 11.4. The van der Waals surface area contributed by atoms with Crippen LogP contribution in [0.3, 0.4) is 0 Å². The maximum atomic E-state index is 11.9. The predicted molar refractivity (Wildman–Crippen MR) is 64.2 cm³/mol. The van der Waals surface area contributed by atoms with Crippen molar-refractivity contribution < 1.29 is 24.2 Å². The highest BCUT2D eigenvalue weighted by Gasteiger charge is 2.41. The van der Waals surface area contributed by atoms with E-state index in [1.807, 2.05) is 0 Å². The summed E-state index contributed by atoms with van der Waals surface area (Å²) in [5.41, 5.74) is -0.661. The minimum Gasteiger partial charge on any atom is -0.448 e. The fraction of sp³-hybridized carbons (Fsp3) is 0.818. The summed E-state index contributed by atoms with van der Waals surface area (Å²) < 4.78 is 9.81. The molecular formula is C11H18ClNO5. The Morgan fingerprint density at radius 3 is 2.56 bits per heavy atom. The minimum absolute atomic E-state index is 0.0525. The largest absolute Gasteiger partial charge is 0.448 e. The molecule has 0 bridgehead atoms. The van der Waals surface area contributed by atoms with E-state index in [0.29, 0.717) is 0 Å². The highest BCUT2D eigenvalue weighted by atomic mass is 35.5. The van der Waals surface area contributed by atoms with Crippen molar-refractivity contribution >= 4 is 23.7 Å². The standard InChI is InChI=1S/C11H18ClNO5/c1-11(2,3)18-10(16)13-5-7(14)4-8(13)9(15)17-6-12/h7-8,14H,4-6H2,1-3H3/t7-,8+/m1/s1. The molecule has 1 fully saturated rings. The number of aliphatic hydroxyl groups excluding tert-OH is 1. The molecule has 1 aliphatic heterocycles. The number of nitrogens with zero attached hydrogens (tertiary/aromatic N) is 1. The molecule has 2 atom stereocenters. The lowest BCUT2D eigenvalue weighted by molar-refractivity contribution is -0.146. The van der Waals surface area contributed by atoms with Gasteiger partial charge in [-0.2, -0.15) is 0 Å². The number of likely N-dealkylation sites (tertiary alicyclic amines) is 1. The van der Waals surface area contributed by atoms with Gasteiger partial charge in [-0.3, -0.25) is 4.90 Å². The van der Waals surface area contributed by atoms with Crippen molar-refractivity contribution in [3.8, 4) is 0 Å². The summed E-state index contributed by atoms with van der Waals surface area (Å²) in [6.45, 7) is 5.23. The molecule has 1 amide bonds. The van der Waals surface area contributed by atoms with Crippen LogP contribution >= 0.6 is 11.6 Å². The Hall–Kier alpha value is -1.01.